The maximum absolute atomic E-state index is 3.80. The zero-order valence-electron chi connectivity index (χ0n) is 8.64. The SMILES string of the molecule is C=C/C=C\C(C=C)(NC)NCCC. The Balaban J connectivity index is 4.38. The molecule has 0 fully saturated rings. The molecule has 13 heavy (non-hydrogen) atoms. The molecule has 0 aromatic carbocycles. The summed E-state index contributed by atoms with van der Waals surface area (Å²) in [4.78, 5) is 0. The molecule has 0 aromatic heterocycles. The van der Waals surface area contributed by atoms with E-state index in [0.29, 0.717) is 0 Å². The summed E-state index contributed by atoms with van der Waals surface area (Å²) in [6.07, 6.45) is 8.61. The monoisotopic (exact) mass is 180 g/mol. The molecular formula is C11H20N2. The molecule has 0 radical (unpaired) electrons. The van der Waals surface area contributed by atoms with Gasteiger partial charge in [-0.15, -0.1) is 0 Å². The van der Waals surface area contributed by atoms with Gasteiger partial charge in [0.15, 0.2) is 0 Å². The van der Waals surface area contributed by atoms with Crippen LogP contribution < -0.4 is 10.6 Å². The molecule has 1 unspecified atom stereocenters. The second-order valence-electron chi connectivity index (χ2n) is 2.84. The number of rotatable bonds is 7. The summed E-state index contributed by atoms with van der Waals surface area (Å²) < 4.78 is 0. The molecule has 0 spiro atoms. The summed E-state index contributed by atoms with van der Waals surface area (Å²) in [5.74, 6) is 0. The highest BCUT2D eigenvalue weighted by Crippen LogP contribution is 2.03. The number of allylic oxidation sites excluding steroid dienone is 2. The third kappa shape index (κ3) is 4.06. The lowest BCUT2D eigenvalue weighted by Crippen LogP contribution is -2.52. The molecule has 2 nitrogen and oxygen atoms in total. The molecule has 0 aliphatic rings. The van der Waals surface area contributed by atoms with Gasteiger partial charge in [-0.05, 0) is 26.1 Å². The van der Waals surface area contributed by atoms with Gasteiger partial charge >= 0.3 is 0 Å². The van der Waals surface area contributed by atoms with Crippen molar-refractivity contribution in [1.82, 2.24) is 10.6 Å². The zero-order chi connectivity index (χ0) is 10.2. The van der Waals surface area contributed by atoms with Crippen LogP contribution in [0.5, 0.6) is 0 Å². The van der Waals surface area contributed by atoms with Crippen LogP contribution in [-0.4, -0.2) is 19.3 Å². The predicted molar refractivity (Wildman–Crippen MR) is 59.6 cm³/mol. The van der Waals surface area contributed by atoms with Crippen LogP contribution in [0.15, 0.2) is 37.5 Å². The second kappa shape index (κ2) is 6.63. The van der Waals surface area contributed by atoms with Crippen LogP contribution in [0.4, 0.5) is 0 Å². The van der Waals surface area contributed by atoms with Gasteiger partial charge in [0.1, 0.15) is 5.66 Å². The summed E-state index contributed by atoms with van der Waals surface area (Å²) >= 11 is 0. The molecule has 0 rings (SSSR count). The highest BCUT2D eigenvalue weighted by atomic mass is 15.2. The quantitative estimate of drug-likeness (QED) is 0.355. The predicted octanol–water partition coefficient (Wildman–Crippen LogP) is 1.83. The average molecular weight is 180 g/mol. The molecule has 0 aliphatic heterocycles. The van der Waals surface area contributed by atoms with Gasteiger partial charge in [-0.25, -0.2) is 0 Å². The van der Waals surface area contributed by atoms with Gasteiger partial charge in [0.2, 0.25) is 0 Å². The fourth-order valence-corrected chi connectivity index (χ4v) is 1.02. The smallest absolute Gasteiger partial charge is 0.107 e. The van der Waals surface area contributed by atoms with Crippen molar-refractivity contribution in [3.05, 3.63) is 37.5 Å². The van der Waals surface area contributed by atoms with Crippen molar-refractivity contribution in [1.29, 1.82) is 0 Å². The van der Waals surface area contributed by atoms with Crippen LogP contribution in [0.2, 0.25) is 0 Å². The molecule has 0 saturated heterocycles. The third-order valence-electron chi connectivity index (χ3n) is 1.90. The lowest BCUT2D eigenvalue weighted by Gasteiger charge is -2.27. The van der Waals surface area contributed by atoms with E-state index in [4.69, 9.17) is 0 Å². The highest BCUT2D eigenvalue weighted by Gasteiger charge is 2.17. The van der Waals surface area contributed by atoms with Gasteiger partial charge in [-0.1, -0.05) is 38.3 Å². The molecule has 1 atom stereocenters. The Bertz CT molecular complexity index is 185. The lowest BCUT2D eigenvalue weighted by atomic mass is 10.1. The Morgan fingerprint density at radius 3 is 2.46 bits per heavy atom. The van der Waals surface area contributed by atoms with Crippen molar-refractivity contribution in [3.8, 4) is 0 Å². The minimum Gasteiger partial charge on any atom is -0.296 e. The fourth-order valence-electron chi connectivity index (χ4n) is 1.02. The first kappa shape index (κ1) is 12.1. The average Bonchev–Trinajstić information content (AvgIpc) is 2.20. The number of likely N-dealkylation sites (N-methyl/N-ethyl adjacent to an activating group) is 1. The number of nitrogens with one attached hydrogen (secondary N) is 2. The van der Waals surface area contributed by atoms with Crippen LogP contribution in [0.3, 0.4) is 0 Å². The van der Waals surface area contributed by atoms with Gasteiger partial charge in [-0.3, -0.25) is 10.6 Å². The van der Waals surface area contributed by atoms with Crippen LogP contribution in [0.1, 0.15) is 13.3 Å². The van der Waals surface area contributed by atoms with Crippen LogP contribution in [0, 0.1) is 0 Å². The van der Waals surface area contributed by atoms with Crippen molar-refractivity contribution in [2.24, 2.45) is 0 Å². The Kier molecular flexibility index (Phi) is 6.20. The van der Waals surface area contributed by atoms with Gasteiger partial charge in [-0.2, -0.15) is 0 Å². The van der Waals surface area contributed by atoms with E-state index in [1.54, 1.807) is 6.08 Å². The standard InChI is InChI=1S/C11H20N2/c1-5-8-9-11(7-3,12-4)13-10-6-2/h5,7-9,12-13H,1,3,6,10H2,2,4H3/b9-8-. The van der Waals surface area contributed by atoms with E-state index in [9.17, 15) is 0 Å². The third-order valence-corrected chi connectivity index (χ3v) is 1.90. The van der Waals surface area contributed by atoms with Crippen LogP contribution in [-0.2, 0) is 0 Å². The van der Waals surface area contributed by atoms with Crippen molar-refractivity contribution in [2.45, 2.75) is 19.0 Å². The van der Waals surface area contributed by atoms with Gasteiger partial charge in [0.05, 0.1) is 0 Å². The largest absolute Gasteiger partial charge is 0.296 e. The summed E-state index contributed by atoms with van der Waals surface area (Å²) in [5, 5.41) is 6.52. The first-order chi connectivity index (χ1) is 6.24. The van der Waals surface area contributed by atoms with E-state index in [1.807, 2.05) is 25.3 Å². The summed E-state index contributed by atoms with van der Waals surface area (Å²) in [6, 6.07) is 0. The normalized spacial score (nSPS) is 15.5. The Morgan fingerprint density at radius 1 is 1.38 bits per heavy atom. The molecular weight excluding hydrogens is 160 g/mol. The molecule has 0 saturated carbocycles. The fraction of sp³-hybridized carbons (Fsp3) is 0.455. The lowest BCUT2D eigenvalue weighted by molar-refractivity contribution is 0.426. The van der Waals surface area contributed by atoms with Gasteiger partial charge in [0.25, 0.3) is 0 Å². The summed E-state index contributed by atoms with van der Waals surface area (Å²) in [6.45, 7) is 10.5. The van der Waals surface area contributed by atoms with E-state index in [0.717, 1.165) is 13.0 Å². The molecule has 0 aliphatic carbocycles. The van der Waals surface area contributed by atoms with Crippen molar-refractivity contribution >= 4 is 0 Å². The minimum absolute atomic E-state index is 0.301. The highest BCUT2D eigenvalue weighted by molar-refractivity contribution is 5.17. The van der Waals surface area contributed by atoms with E-state index >= 15 is 0 Å². The maximum Gasteiger partial charge on any atom is 0.107 e. The molecule has 0 heterocycles. The number of hydrogen-bond acceptors (Lipinski definition) is 2. The van der Waals surface area contributed by atoms with E-state index in [1.165, 1.54) is 0 Å². The molecule has 2 heteroatoms. The first-order valence-electron chi connectivity index (χ1n) is 4.62. The Morgan fingerprint density at radius 2 is 2.08 bits per heavy atom. The van der Waals surface area contributed by atoms with Gasteiger partial charge < -0.3 is 0 Å². The summed E-state index contributed by atoms with van der Waals surface area (Å²) in [5.41, 5.74) is -0.301. The molecule has 0 amide bonds. The van der Waals surface area contributed by atoms with E-state index in [2.05, 4.69) is 30.7 Å². The van der Waals surface area contributed by atoms with E-state index < -0.39 is 0 Å². The van der Waals surface area contributed by atoms with Crippen molar-refractivity contribution < 1.29 is 0 Å². The zero-order valence-corrected chi connectivity index (χ0v) is 8.64. The van der Waals surface area contributed by atoms with Crippen LogP contribution >= 0.6 is 0 Å². The topological polar surface area (TPSA) is 24.1 Å². The minimum atomic E-state index is -0.301. The van der Waals surface area contributed by atoms with Crippen molar-refractivity contribution in [2.75, 3.05) is 13.6 Å². The Hall–Kier alpha value is -0.860. The number of hydrogen-bond donors (Lipinski definition) is 2. The van der Waals surface area contributed by atoms with Crippen molar-refractivity contribution in [3.63, 3.8) is 0 Å². The van der Waals surface area contributed by atoms with E-state index in [-0.39, 0.29) is 5.66 Å². The molecule has 2 N–H and O–H groups in total. The molecule has 0 bridgehead atoms. The summed E-state index contributed by atoms with van der Waals surface area (Å²) in [7, 11) is 1.90. The molecule has 74 valence electrons. The van der Waals surface area contributed by atoms with Crippen LogP contribution in [0.25, 0.3) is 0 Å². The van der Waals surface area contributed by atoms with Gasteiger partial charge in [0, 0.05) is 0 Å². The second-order valence-corrected chi connectivity index (χ2v) is 2.84. The molecule has 0 aromatic rings. The maximum atomic E-state index is 3.80. The Labute approximate surface area is 81.4 Å². The first-order valence-corrected chi connectivity index (χ1v) is 4.62.